The second-order valence-corrected chi connectivity index (χ2v) is 8.15. The molecule has 9 nitrogen and oxygen atoms in total. The van der Waals surface area contributed by atoms with Gasteiger partial charge in [-0.1, -0.05) is 49.4 Å². The monoisotopic (exact) mass is 436 g/mol. The molecule has 2 atom stereocenters. The molecule has 2 aromatic carbocycles. The molecule has 0 radical (unpaired) electrons. The summed E-state index contributed by atoms with van der Waals surface area (Å²) < 4.78 is 1.45. The molecule has 0 saturated carbocycles. The van der Waals surface area contributed by atoms with Crippen molar-refractivity contribution in [2.75, 3.05) is 5.32 Å². The first-order valence-electron chi connectivity index (χ1n) is 10.3. The molecule has 166 valence electrons. The van der Waals surface area contributed by atoms with Crippen LogP contribution in [0.4, 0.5) is 5.69 Å². The summed E-state index contributed by atoms with van der Waals surface area (Å²) in [6.07, 6.45) is 1.50. The molecule has 4 rings (SSSR count). The second kappa shape index (κ2) is 8.54. The van der Waals surface area contributed by atoms with E-state index in [4.69, 9.17) is 0 Å². The molecule has 0 saturated heterocycles. The fourth-order valence-corrected chi connectivity index (χ4v) is 3.97. The smallest absolute Gasteiger partial charge is 0.264 e. The van der Waals surface area contributed by atoms with Crippen molar-refractivity contribution in [1.82, 2.24) is 15.1 Å². The molecule has 2 heterocycles. The molecule has 2 bridgehead atoms. The van der Waals surface area contributed by atoms with Crippen LogP contribution in [0, 0.1) is 5.92 Å². The summed E-state index contributed by atoms with van der Waals surface area (Å²) >= 11 is 0. The normalized spacial score (nSPS) is 19.8. The number of hydroxylamine groups is 2. The summed E-state index contributed by atoms with van der Waals surface area (Å²) in [7, 11) is 0. The number of benzene rings is 2. The van der Waals surface area contributed by atoms with Crippen molar-refractivity contribution < 1.29 is 24.8 Å². The SMILES string of the molecule is CC(C)[C@@H]1NC(=O)[C@@H](N(O)O)Cc2cn(c3ccccc23)C(=O)c2ccccc2NC1=O. The molecular weight excluding hydrogens is 412 g/mol. The van der Waals surface area contributed by atoms with E-state index in [-0.39, 0.29) is 23.5 Å². The Kier molecular flexibility index (Phi) is 5.79. The zero-order valence-electron chi connectivity index (χ0n) is 17.6. The number of nitrogens with one attached hydrogen (secondary N) is 2. The summed E-state index contributed by atoms with van der Waals surface area (Å²) in [6.45, 7) is 3.52. The predicted octanol–water partition coefficient (Wildman–Crippen LogP) is 2.41. The number of aromatic nitrogens is 1. The minimum Gasteiger partial charge on any atom is -0.343 e. The van der Waals surface area contributed by atoms with Crippen molar-refractivity contribution in [2.24, 2.45) is 5.92 Å². The average Bonchev–Trinajstić information content (AvgIpc) is 3.13. The van der Waals surface area contributed by atoms with Crippen LogP contribution >= 0.6 is 0 Å². The topological polar surface area (TPSA) is 124 Å². The number of carbonyl (C=O) groups is 3. The van der Waals surface area contributed by atoms with E-state index in [1.54, 1.807) is 68.6 Å². The molecule has 1 aromatic heterocycles. The number of hydrogen-bond acceptors (Lipinski definition) is 6. The molecule has 0 fully saturated rings. The lowest BCUT2D eigenvalue weighted by molar-refractivity contribution is -0.324. The third-order valence-corrected chi connectivity index (χ3v) is 5.67. The lowest BCUT2D eigenvalue weighted by Gasteiger charge is -2.26. The molecule has 9 heteroatoms. The second-order valence-electron chi connectivity index (χ2n) is 8.15. The number of nitrogens with zero attached hydrogens (tertiary/aromatic N) is 2. The van der Waals surface area contributed by atoms with Crippen molar-refractivity contribution in [3.05, 3.63) is 65.9 Å². The highest BCUT2D eigenvalue weighted by Crippen LogP contribution is 2.27. The molecular formula is C23H24N4O5. The van der Waals surface area contributed by atoms with E-state index in [1.807, 2.05) is 0 Å². The van der Waals surface area contributed by atoms with Gasteiger partial charge >= 0.3 is 0 Å². The Labute approximate surface area is 184 Å². The summed E-state index contributed by atoms with van der Waals surface area (Å²) in [4.78, 5) is 39.5. The molecule has 4 N–H and O–H groups in total. The number of fused-ring (bicyclic) bond motifs is 6. The number of hydrogen-bond donors (Lipinski definition) is 4. The first-order valence-corrected chi connectivity index (χ1v) is 10.3. The van der Waals surface area contributed by atoms with Crippen LogP contribution in [0.3, 0.4) is 0 Å². The Morgan fingerprint density at radius 2 is 1.69 bits per heavy atom. The van der Waals surface area contributed by atoms with E-state index in [0.717, 1.165) is 0 Å². The van der Waals surface area contributed by atoms with Crippen LogP contribution in [0.1, 0.15) is 29.8 Å². The summed E-state index contributed by atoms with van der Waals surface area (Å²) in [5.41, 5.74) is 1.80. The molecule has 0 spiro atoms. The standard InChI is InChI=1S/C23H24N4O5/c1-13(2)20-22(29)24-17-9-5-3-8-16(17)23(30)26-12-14(15-7-4-6-10-18(15)26)11-19(27(31)32)21(28)25-20/h3-10,12-13,19-20,31-32H,11H2,1-2H3,(H,24,29)(H,25,28)/t19-,20-/m0/s1. The van der Waals surface area contributed by atoms with Gasteiger partial charge in [-0.2, -0.15) is 0 Å². The fourth-order valence-electron chi connectivity index (χ4n) is 3.97. The summed E-state index contributed by atoms with van der Waals surface area (Å²) in [5.74, 6) is -1.88. The quantitative estimate of drug-likeness (QED) is 0.458. The molecule has 2 amide bonds. The first-order chi connectivity index (χ1) is 15.3. The minimum absolute atomic E-state index is 0.0896. The van der Waals surface area contributed by atoms with Crippen LogP contribution in [0.15, 0.2) is 54.7 Å². The summed E-state index contributed by atoms with van der Waals surface area (Å²) in [5, 5.41) is 25.5. The van der Waals surface area contributed by atoms with Gasteiger partial charge in [0.1, 0.15) is 12.1 Å². The van der Waals surface area contributed by atoms with Crippen molar-refractivity contribution in [3.8, 4) is 0 Å². The van der Waals surface area contributed by atoms with Gasteiger partial charge in [0.05, 0.1) is 16.8 Å². The van der Waals surface area contributed by atoms with Gasteiger partial charge in [-0.05, 0) is 29.7 Å². The van der Waals surface area contributed by atoms with Crippen LogP contribution < -0.4 is 10.6 Å². The molecule has 0 unspecified atom stereocenters. The van der Waals surface area contributed by atoms with Gasteiger partial charge in [-0.15, -0.1) is 0 Å². The van der Waals surface area contributed by atoms with Crippen molar-refractivity contribution >= 4 is 34.3 Å². The maximum absolute atomic E-state index is 13.5. The van der Waals surface area contributed by atoms with Gasteiger partial charge in [0.15, 0.2) is 0 Å². The molecule has 1 aliphatic heterocycles. The molecule has 0 aliphatic carbocycles. The number of anilines is 1. The Bertz CT molecular complexity index is 1200. The van der Waals surface area contributed by atoms with Crippen molar-refractivity contribution in [3.63, 3.8) is 0 Å². The van der Waals surface area contributed by atoms with E-state index < -0.39 is 23.9 Å². The van der Waals surface area contributed by atoms with Gasteiger partial charge in [0.25, 0.3) is 5.91 Å². The van der Waals surface area contributed by atoms with Crippen molar-refractivity contribution in [1.29, 1.82) is 0 Å². The van der Waals surface area contributed by atoms with E-state index in [0.29, 0.717) is 27.7 Å². The molecule has 32 heavy (non-hydrogen) atoms. The zero-order chi connectivity index (χ0) is 23.0. The van der Waals surface area contributed by atoms with Crippen LogP contribution in [-0.4, -0.2) is 50.0 Å². The average molecular weight is 436 g/mol. The highest BCUT2D eigenvalue weighted by molar-refractivity contribution is 6.09. The highest BCUT2D eigenvalue weighted by Gasteiger charge is 2.33. The van der Waals surface area contributed by atoms with Gasteiger partial charge in [-0.25, -0.2) is 0 Å². The van der Waals surface area contributed by atoms with Crippen LogP contribution in [-0.2, 0) is 16.0 Å². The van der Waals surface area contributed by atoms with Gasteiger partial charge in [0.2, 0.25) is 11.8 Å². The molecule has 1 aliphatic rings. The Hall–Kier alpha value is -3.53. The lowest BCUT2D eigenvalue weighted by atomic mass is 10.0. The third-order valence-electron chi connectivity index (χ3n) is 5.67. The van der Waals surface area contributed by atoms with E-state index in [2.05, 4.69) is 10.6 Å². The Morgan fingerprint density at radius 3 is 2.41 bits per heavy atom. The van der Waals surface area contributed by atoms with Crippen LogP contribution in [0.25, 0.3) is 10.9 Å². The maximum Gasteiger partial charge on any atom is 0.264 e. The van der Waals surface area contributed by atoms with E-state index in [1.165, 1.54) is 4.57 Å². The number of rotatable bonds is 2. The fraction of sp³-hybridized carbons (Fsp3) is 0.261. The number of carbonyl (C=O) groups excluding carboxylic acids is 3. The first kappa shape index (κ1) is 21.7. The lowest BCUT2D eigenvalue weighted by Crippen LogP contribution is -2.53. The third kappa shape index (κ3) is 3.89. The minimum atomic E-state index is -1.39. The summed E-state index contributed by atoms with van der Waals surface area (Å²) in [6, 6.07) is 11.5. The number of amides is 2. The predicted molar refractivity (Wildman–Crippen MR) is 116 cm³/mol. The van der Waals surface area contributed by atoms with Crippen LogP contribution in [0.2, 0.25) is 0 Å². The number of para-hydroxylation sites is 2. The largest absolute Gasteiger partial charge is 0.343 e. The maximum atomic E-state index is 13.5. The van der Waals surface area contributed by atoms with Crippen LogP contribution in [0.5, 0.6) is 0 Å². The van der Waals surface area contributed by atoms with Crippen molar-refractivity contribution in [2.45, 2.75) is 32.4 Å². The Morgan fingerprint density at radius 1 is 1.00 bits per heavy atom. The van der Waals surface area contributed by atoms with Gasteiger partial charge in [-0.3, -0.25) is 29.4 Å². The highest BCUT2D eigenvalue weighted by atomic mass is 16.8. The zero-order valence-corrected chi connectivity index (χ0v) is 17.6. The Balaban J connectivity index is 1.93. The van der Waals surface area contributed by atoms with E-state index in [9.17, 15) is 24.8 Å². The molecule has 3 aromatic rings. The van der Waals surface area contributed by atoms with Gasteiger partial charge < -0.3 is 10.6 Å². The van der Waals surface area contributed by atoms with E-state index >= 15 is 0 Å². The van der Waals surface area contributed by atoms with Gasteiger partial charge in [0, 0.05) is 18.0 Å².